The van der Waals surface area contributed by atoms with E-state index >= 15 is 0 Å². The number of hydrogen-bond acceptors (Lipinski definition) is 5. The molecule has 3 aromatic heterocycles. The van der Waals surface area contributed by atoms with Crippen molar-refractivity contribution in [2.24, 2.45) is 5.73 Å². The number of alkyl halides is 3. The van der Waals surface area contributed by atoms with Gasteiger partial charge in [-0.05, 0) is 51.0 Å². The maximum Gasteiger partial charge on any atom is 0.389 e. The van der Waals surface area contributed by atoms with Crippen LogP contribution in [0.4, 0.5) is 17.6 Å². The first-order valence-corrected chi connectivity index (χ1v) is 10.1. The highest BCUT2D eigenvalue weighted by Crippen LogP contribution is 2.28. The second-order valence-electron chi connectivity index (χ2n) is 8.02. The first kappa shape index (κ1) is 23.6. The maximum absolute atomic E-state index is 13.8. The van der Waals surface area contributed by atoms with Crippen LogP contribution in [0.15, 0.2) is 36.7 Å². The average molecular weight is 452 g/mol. The molecule has 0 saturated heterocycles. The van der Waals surface area contributed by atoms with E-state index in [0.717, 1.165) is 0 Å². The number of Topliss-reactive ketones (excluding diaryl/α,β-unsaturated/α-hetero) is 1. The number of nitrogens with two attached hydrogens (primary N) is 1. The lowest BCUT2D eigenvalue weighted by Crippen LogP contribution is -2.38. The van der Waals surface area contributed by atoms with Gasteiger partial charge in [0.1, 0.15) is 23.8 Å². The van der Waals surface area contributed by atoms with Gasteiger partial charge in [-0.2, -0.15) is 13.2 Å². The summed E-state index contributed by atoms with van der Waals surface area (Å²) in [6, 6.07) is 6.06. The number of hydrogen-bond donors (Lipinski definition) is 1. The molecule has 0 aliphatic rings. The van der Waals surface area contributed by atoms with Crippen LogP contribution in [0.2, 0.25) is 0 Å². The van der Waals surface area contributed by atoms with Gasteiger partial charge >= 0.3 is 6.18 Å². The molecule has 1 atom stereocenters. The summed E-state index contributed by atoms with van der Waals surface area (Å²) in [7, 11) is 0. The number of ether oxygens (including phenoxy) is 1. The normalized spacial score (nSPS) is 13.8. The third-order valence-electron chi connectivity index (χ3n) is 5.15. The molecule has 1 unspecified atom stereocenters. The summed E-state index contributed by atoms with van der Waals surface area (Å²) in [6.07, 6.45) is -2.38. The lowest BCUT2D eigenvalue weighted by molar-refractivity contribution is -0.138. The van der Waals surface area contributed by atoms with Crippen LogP contribution in [-0.2, 0) is 6.61 Å². The number of imidazole rings is 1. The third-order valence-corrected chi connectivity index (χ3v) is 5.15. The van der Waals surface area contributed by atoms with Crippen LogP contribution in [0.1, 0.15) is 54.5 Å². The lowest BCUT2D eigenvalue weighted by Gasteiger charge is -2.24. The van der Waals surface area contributed by atoms with Gasteiger partial charge in [0.2, 0.25) is 0 Å². The van der Waals surface area contributed by atoms with Gasteiger partial charge in [0.15, 0.2) is 17.2 Å². The third kappa shape index (κ3) is 5.82. The lowest BCUT2D eigenvalue weighted by atomic mass is 9.90. The van der Waals surface area contributed by atoms with Gasteiger partial charge in [-0.25, -0.2) is 9.37 Å². The predicted octanol–water partition coefficient (Wildman–Crippen LogP) is 4.78. The van der Waals surface area contributed by atoms with Crippen molar-refractivity contribution in [3.05, 3.63) is 59.6 Å². The smallest absolute Gasteiger partial charge is 0.389 e. The van der Waals surface area contributed by atoms with E-state index < -0.39 is 24.0 Å². The molecule has 0 bridgehead atoms. The molecule has 0 aliphatic carbocycles. The molecule has 10 heteroatoms. The zero-order valence-corrected chi connectivity index (χ0v) is 17.7. The number of nitrogens with zero attached hydrogens (tertiary/aromatic N) is 3. The van der Waals surface area contributed by atoms with E-state index in [-0.39, 0.29) is 37.3 Å². The zero-order chi connectivity index (χ0) is 23.5. The summed E-state index contributed by atoms with van der Waals surface area (Å²) in [5.74, 6) is -0.439. The summed E-state index contributed by atoms with van der Waals surface area (Å²) >= 11 is 0. The van der Waals surface area contributed by atoms with Crippen LogP contribution in [-0.4, -0.2) is 31.9 Å². The Balaban J connectivity index is 1.75. The van der Waals surface area contributed by atoms with Crippen molar-refractivity contribution in [1.82, 2.24) is 14.4 Å². The quantitative estimate of drug-likeness (QED) is 0.373. The van der Waals surface area contributed by atoms with E-state index in [1.165, 1.54) is 25.3 Å². The van der Waals surface area contributed by atoms with E-state index in [0.29, 0.717) is 22.8 Å². The zero-order valence-electron chi connectivity index (χ0n) is 17.7. The van der Waals surface area contributed by atoms with E-state index in [2.05, 4.69) is 9.97 Å². The van der Waals surface area contributed by atoms with Crippen molar-refractivity contribution in [2.75, 3.05) is 0 Å². The summed E-state index contributed by atoms with van der Waals surface area (Å²) in [5, 5.41) is 0. The van der Waals surface area contributed by atoms with E-state index in [4.69, 9.17) is 10.5 Å². The van der Waals surface area contributed by atoms with Gasteiger partial charge in [-0.15, -0.1) is 0 Å². The summed E-state index contributed by atoms with van der Waals surface area (Å²) in [4.78, 5) is 21.2. The van der Waals surface area contributed by atoms with Crippen LogP contribution >= 0.6 is 0 Å². The number of ketones is 1. The summed E-state index contributed by atoms with van der Waals surface area (Å²) in [6.45, 7) is 3.05. The number of pyridine rings is 2. The van der Waals surface area contributed by atoms with Crippen molar-refractivity contribution < 1.29 is 27.1 Å². The molecule has 3 aromatic rings. The second-order valence-corrected chi connectivity index (χ2v) is 8.02. The molecule has 2 N–H and O–H groups in total. The van der Waals surface area contributed by atoms with Crippen LogP contribution in [0, 0.1) is 12.7 Å². The molecule has 0 saturated carbocycles. The Morgan fingerprint density at radius 3 is 2.62 bits per heavy atom. The van der Waals surface area contributed by atoms with Gasteiger partial charge in [-0.3, -0.25) is 14.2 Å². The van der Waals surface area contributed by atoms with Crippen LogP contribution < -0.4 is 10.5 Å². The van der Waals surface area contributed by atoms with E-state index in [1.54, 1.807) is 29.7 Å². The summed E-state index contributed by atoms with van der Waals surface area (Å²) < 4.78 is 58.5. The fourth-order valence-electron chi connectivity index (χ4n) is 3.35. The number of rotatable bonds is 9. The molecule has 32 heavy (non-hydrogen) atoms. The molecule has 0 amide bonds. The molecule has 3 heterocycles. The Hall–Kier alpha value is -3.01. The standard InChI is InChI=1S/C22H24F4N4O2/c1-14-19(17(31)7-8-21(2,27)9-10-22(24,25)26)30-12-4-6-18(20(30)29-14)32-13-16-15(23)5-3-11-28-16/h3-6,11-12H,7-10,13,27H2,1-2H3. The van der Waals surface area contributed by atoms with E-state index in [1.807, 2.05) is 0 Å². The Labute approximate surface area is 182 Å². The average Bonchev–Trinajstić information content (AvgIpc) is 3.06. The van der Waals surface area contributed by atoms with Gasteiger partial charge in [0.05, 0.1) is 5.69 Å². The van der Waals surface area contributed by atoms with E-state index in [9.17, 15) is 22.4 Å². The Morgan fingerprint density at radius 2 is 1.94 bits per heavy atom. The highest BCUT2D eigenvalue weighted by Gasteiger charge is 2.32. The Morgan fingerprint density at radius 1 is 1.19 bits per heavy atom. The SMILES string of the molecule is Cc1nc2c(OCc3ncccc3F)cccn2c1C(=O)CCC(C)(N)CCC(F)(F)F. The molecule has 0 aliphatic heterocycles. The molecule has 172 valence electrons. The van der Waals surface area contributed by atoms with Crippen molar-refractivity contribution in [2.45, 2.75) is 57.9 Å². The van der Waals surface area contributed by atoms with Gasteiger partial charge < -0.3 is 10.5 Å². The number of aromatic nitrogens is 3. The number of carbonyl (C=O) groups excluding carboxylic acids is 1. The molecule has 0 spiro atoms. The molecule has 0 fully saturated rings. The molecule has 3 rings (SSSR count). The Kier molecular flexibility index (Phi) is 6.82. The van der Waals surface area contributed by atoms with Crippen LogP contribution in [0.25, 0.3) is 5.65 Å². The van der Waals surface area contributed by atoms with Crippen LogP contribution in [0.5, 0.6) is 5.75 Å². The molecule has 6 nitrogen and oxygen atoms in total. The first-order chi connectivity index (χ1) is 15.0. The van der Waals surface area contributed by atoms with Crippen molar-refractivity contribution in [1.29, 1.82) is 0 Å². The fourth-order valence-corrected chi connectivity index (χ4v) is 3.35. The first-order valence-electron chi connectivity index (χ1n) is 10.1. The molecular formula is C22H24F4N4O2. The minimum absolute atomic E-state index is 0.0241. The van der Waals surface area contributed by atoms with Gasteiger partial charge in [0.25, 0.3) is 0 Å². The predicted molar refractivity (Wildman–Crippen MR) is 110 cm³/mol. The Bertz CT molecular complexity index is 1110. The van der Waals surface area contributed by atoms with Crippen molar-refractivity contribution in [3.63, 3.8) is 0 Å². The fraction of sp³-hybridized carbons (Fsp3) is 0.409. The summed E-state index contributed by atoms with van der Waals surface area (Å²) in [5.41, 5.74) is 6.11. The topological polar surface area (TPSA) is 82.5 Å². The number of fused-ring (bicyclic) bond motifs is 1. The largest absolute Gasteiger partial charge is 0.483 e. The molecule has 0 radical (unpaired) electrons. The number of carbonyl (C=O) groups is 1. The number of aryl methyl sites for hydroxylation is 1. The monoisotopic (exact) mass is 452 g/mol. The highest BCUT2D eigenvalue weighted by molar-refractivity contribution is 5.96. The maximum atomic E-state index is 13.8. The molecular weight excluding hydrogens is 428 g/mol. The highest BCUT2D eigenvalue weighted by atomic mass is 19.4. The minimum atomic E-state index is -4.29. The minimum Gasteiger partial charge on any atom is -0.483 e. The van der Waals surface area contributed by atoms with Crippen molar-refractivity contribution in [3.8, 4) is 5.75 Å². The van der Waals surface area contributed by atoms with Gasteiger partial charge in [0, 0.05) is 30.8 Å². The molecule has 0 aromatic carbocycles. The van der Waals surface area contributed by atoms with Crippen molar-refractivity contribution >= 4 is 11.4 Å². The van der Waals surface area contributed by atoms with Crippen LogP contribution in [0.3, 0.4) is 0 Å². The van der Waals surface area contributed by atoms with Gasteiger partial charge in [-0.1, -0.05) is 0 Å². The second kappa shape index (κ2) is 9.23. The number of halogens is 4.